The van der Waals surface area contributed by atoms with E-state index in [2.05, 4.69) is 41.3 Å². The standard InChI is InChI=1S/C17H28N4OS/c1-19(2)9-5-8-18-17(23)21-12-10-20(11-13-21)15-6-4-7-16(14-15)22-3/h4,6-7,14H,5,8-13H2,1-3H3,(H,18,23)/p+1. The zero-order valence-electron chi connectivity index (χ0n) is 14.5. The number of hydrogen-bond acceptors (Lipinski definition) is 3. The van der Waals surface area contributed by atoms with E-state index < -0.39 is 0 Å². The summed E-state index contributed by atoms with van der Waals surface area (Å²) in [6, 6.07) is 8.25. The molecule has 0 saturated carbocycles. The summed E-state index contributed by atoms with van der Waals surface area (Å²) < 4.78 is 5.31. The molecule has 0 bridgehead atoms. The highest BCUT2D eigenvalue weighted by Crippen LogP contribution is 2.22. The highest BCUT2D eigenvalue weighted by atomic mass is 32.1. The molecular weight excluding hydrogens is 308 g/mol. The molecule has 0 aromatic heterocycles. The Morgan fingerprint density at radius 1 is 1.26 bits per heavy atom. The van der Waals surface area contributed by atoms with Gasteiger partial charge in [-0.1, -0.05) is 6.07 Å². The van der Waals surface area contributed by atoms with Crippen molar-refractivity contribution in [1.82, 2.24) is 10.2 Å². The van der Waals surface area contributed by atoms with E-state index in [9.17, 15) is 0 Å². The van der Waals surface area contributed by atoms with Gasteiger partial charge in [0.25, 0.3) is 0 Å². The fraction of sp³-hybridized carbons (Fsp3) is 0.588. The lowest BCUT2D eigenvalue weighted by molar-refractivity contribution is -0.858. The Bertz CT molecular complexity index is 501. The number of methoxy groups -OCH3 is 1. The summed E-state index contributed by atoms with van der Waals surface area (Å²) in [6.07, 6.45) is 1.15. The fourth-order valence-electron chi connectivity index (χ4n) is 2.72. The van der Waals surface area contributed by atoms with Gasteiger partial charge in [0.2, 0.25) is 0 Å². The number of quaternary nitrogens is 1. The summed E-state index contributed by atoms with van der Waals surface area (Å²) in [4.78, 5) is 6.13. The fourth-order valence-corrected chi connectivity index (χ4v) is 3.01. The van der Waals surface area contributed by atoms with Crippen LogP contribution < -0.4 is 19.9 Å². The molecule has 1 aromatic carbocycles. The Morgan fingerprint density at radius 2 is 2.00 bits per heavy atom. The minimum Gasteiger partial charge on any atom is -0.497 e. The summed E-state index contributed by atoms with van der Waals surface area (Å²) in [7, 11) is 6.06. The maximum absolute atomic E-state index is 5.52. The van der Waals surface area contributed by atoms with Crippen molar-refractivity contribution in [3.8, 4) is 5.75 Å². The molecule has 1 aromatic rings. The van der Waals surface area contributed by atoms with E-state index in [0.29, 0.717) is 0 Å². The van der Waals surface area contributed by atoms with Gasteiger partial charge in [-0.2, -0.15) is 0 Å². The van der Waals surface area contributed by atoms with Crippen LogP contribution in [0, 0.1) is 0 Å². The van der Waals surface area contributed by atoms with Gasteiger partial charge in [0.05, 0.1) is 27.7 Å². The molecule has 1 saturated heterocycles. The summed E-state index contributed by atoms with van der Waals surface area (Å²) in [6.45, 7) is 6.01. The molecule has 1 aliphatic rings. The van der Waals surface area contributed by atoms with Crippen molar-refractivity contribution in [1.29, 1.82) is 0 Å². The summed E-state index contributed by atoms with van der Waals surface area (Å²) in [5, 5.41) is 4.28. The molecule has 23 heavy (non-hydrogen) atoms. The molecule has 0 unspecified atom stereocenters. The highest BCUT2D eigenvalue weighted by Gasteiger charge is 2.19. The van der Waals surface area contributed by atoms with Gasteiger partial charge in [0.15, 0.2) is 5.11 Å². The van der Waals surface area contributed by atoms with Crippen LogP contribution in [0.15, 0.2) is 24.3 Å². The van der Waals surface area contributed by atoms with Gasteiger partial charge >= 0.3 is 0 Å². The van der Waals surface area contributed by atoms with Gasteiger partial charge in [-0.3, -0.25) is 0 Å². The van der Waals surface area contributed by atoms with Gasteiger partial charge in [-0.15, -0.1) is 0 Å². The third kappa shape index (κ3) is 5.55. The highest BCUT2D eigenvalue weighted by molar-refractivity contribution is 7.80. The molecule has 1 fully saturated rings. The second-order valence-corrected chi connectivity index (χ2v) is 6.60. The van der Waals surface area contributed by atoms with Crippen molar-refractivity contribution in [2.24, 2.45) is 0 Å². The number of anilines is 1. The van der Waals surface area contributed by atoms with Crippen molar-refractivity contribution in [2.75, 3.05) is 65.4 Å². The lowest BCUT2D eigenvalue weighted by atomic mass is 10.2. The van der Waals surface area contributed by atoms with Gasteiger partial charge in [0, 0.05) is 50.9 Å². The number of nitrogens with zero attached hydrogens (tertiary/aromatic N) is 2. The zero-order chi connectivity index (χ0) is 16.7. The number of hydrogen-bond donors (Lipinski definition) is 2. The largest absolute Gasteiger partial charge is 0.497 e. The molecule has 0 atom stereocenters. The smallest absolute Gasteiger partial charge is 0.169 e. The van der Waals surface area contributed by atoms with Crippen molar-refractivity contribution < 1.29 is 9.64 Å². The second-order valence-electron chi connectivity index (χ2n) is 6.22. The minimum absolute atomic E-state index is 0.893. The van der Waals surface area contributed by atoms with Crippen molar-refractivity contribution in [3.63, 3.8) is 0 Å². The lowest BCUT2D eigenvalue weighted by Gasteiger charge is -2.37. The Labute approximate surface area is 145 Å². The molecule has 0 amide bonds. The predicted octanol–water partition coefficient (Wildman–Crippen LogP) is 0.226. The van der Waals surface area contributed by atoms with Crippen LogP contribution in [0.3, 0.4) is 0 Å². The first kappa shape index (κ1) is 17.8. The zero-order valence-corrected chi connectivity index (χ0v) is 15.3. The Balaban J connectivity index is 1.75. The summed E-state index contributed by atoms with van der Waals surface area (Å²) >= 11 is 5.52. The number of ether oxygens (including phenoxy) is 1. The van der Waals surface area contributed by atoms with E-state index in [-0.39, 0.29) is 0 Å². The molecule has 5 nitrogen and oxygen atoms in total. The Hall–Kier alpha value is -1.53. The number of nitrogens with one attached hydrogen (secondary N) is 2. The van der Waals surface area contributed by atoms with E-state index in [1.54, 1.807) is 7.11 Å². The molecule has 0 spiro atoms. The van der Waals surface area contributed by atoms with E-state index >= 15 is 0 Å². The van der Waals surface area contributed by atoms with Crippen LogP contribution in [0.5, 0.6) is 5.75 Å². The molecule has 2 N–H and O–H groups in total. The Morgan fingerprint density at radius 3 is 2.65 bits per heavy atom. The van der Waals surface area contributed by atoms with Crippen LogP contribution in [-0.4, -0.2) is 70.5 Å². The predicted molar refractivity (Wildman–Crippen MR) is 99.7 cm³/mol. The van der Waals surface area contributed by atoms with Crippen molar-refractivity contribution in [2.45, 2.75) is 6.42 Å². The molecule has 2 rings (SSSR count). The molecular formula is C17H29N4OS+. The normalized spacial score (nSPS) is 15.0. The average molecular weight is 338 g/mol. The molecule has 128 valence electrons. The van der Waals surface area contributed by atoms with Gasteiger partial charge in [-0.05, 0) is 24.4 Å². The summed E-state index contributed by atoms with van der Waals surface area (Å²) in [5.41, 5.74) is 1.22. The molecule has 0 aliphatic carbocycles. The molecule has 1 heterocycles. The average Bonchev–Trinajstić information content (AvgIpc) is 2.58. The first-order chi connectivity index (χ1) is 11.1. The van der Waals surface area contributed by atoms with Crippen LogP contribution >= 0.6 is 12.2 Å². The van der Waals surface area contributed by atoms with E-state index in [0.717, 1.165) is 50.0 Å². The third-order valence-corrected chi connectivity index (χ3v) is 4.52. The first-order valence-corrected chi connectivity index (χ1v) is 8.72. The van der Waals surface area contributed by atoms with Gasteiger partial charge in [0.1, 0.15) is 5.75 Å². The second kappa shape index (κ2) is 8.93. The number of thiocarbonyl (C=S) groups is 1. The van der Waals surface area contributed by atoms with Crippen LogP contribution in [0.1, 0.15) is 6.42 Å². The maximum atomic E-state index is 5.52. The molecule has 1 aliphatic heterocycles. The molecule has 6 heteroatoms. The van der Waals surface area contributed by atoms with Crippen LogP contribution in [-0.2, 0) is 0 Å². The quantitative estimate of drug-likeness (QED) is 0.573. The summed E-state index contributed by atoms with van der Waals surface area (Å²) in [5.74, 6) is 0.908. The minimum atomic E-state index is 0.893. The SMILES string of the molecule is COc1cccc(N2CCN(C(=S)NCCC[NH+](C)C)CC2)c1. The lowest BCUT2D eigenvalue weighted by Crippen LogP contribution is -3.05. The first-order valence-electron chi connectivity index (χ1n) is 8.31. The van der Waals surface area contributed by atoms with E-state index in [1.165, 1.54) is 17.1 Å². The third-order valence-electron chi connectivity index (χ3n) is 4.12. The number of benzene rings is 1. The molecule has 0 radical (unpaired) electrons. The Kier molecular flexibility index (Phi) is 6.92. The monoisotopic (exact) mass is 337 g/mol. The van der Waals surface area contributed by atoms with E-state index in [4.69, 9.17) is 17.0 Å². The van der Waals surface area contributed by atoms with Gasteiger partial charge in [-0.25, -0.2) is 0 Å². The van der Waals surface area contributed by atoms with Crippen LogP contribution in [0.2, 0.25) is 0 Å². The van der Waals surface area contributed by atoms with Crippen molar-refractivity contribution >= 4 is 23.0 Å². The van der Waals surface area contributed by atoms with Crippen LogP contribution in [0.25, 0.3) is 0 Å². The van der Waals surface area contributed by atoms with E-state index in [1.807, 2.05) is 12.1 Å². The van der Waals surface area contributed by atoms with Crippen molar-refractivity contribution in [3.05, 3.63) is 24.3 Å². The van der Waals surface area contributed by atoms with Crippen LogP contribution in [0.4, 0.5) is 5.69 Å². The maximum Gasteiger partial charge on any atom is 0.169 e. The van der Waals surface area contributed by atoms with Gasteiger partial charge < -0.3 is 24.8 Å². The number of piperazine rings is 1. The number of rotatable bonds is 6. The topological polar surface area (TPSA) is 32.2 Å².